The maximum atomic E-state index is 12.4. The molecular weight excluding hydrogens is 383 g/mol. The van der Waals surface area contributed by atoms with Gasteiger partial charge in [0.15, 0.2) is 0 Å². The lowest BCUT2D eigenvalue weighted by atomic mass is 10.2. The molecule has 0 saturated heterocycles. The van der Waals surface area contributed by atoms with E-state index in [1.165, 1.54) is 0 Å². The van der Waals surface area contributed by atoms with Gasteiger partial charge in [-0.2, -0.15) is 0 Å². The molecule has 24 heavy (non-hydrogen) atoms. The lowest BCUT2D eigenvalue weighted by Crippen LogP contribution is -2.37. The molecule has 0 amide bonds. The average Bonchev–Trinajstić information content (AvgIpc) is 2.42. The average molecular weight is 415 g/mol. The van der Waals surface area contributed by atoms with Crippen molar-refractivity contribution < 1.29 is 23.1 Å². The van der Waals surface area contributed by atoms with Crippen molar-refractivity contribution in [1.82, 2.24) is 0 Å². The van der Waals surface area contributed by atoms with Crippen molar-refractivity contribution in [2.75, 3.05) is 26.0 Å². The summed E-state index contributed by atoms with van der Waals surface area (Å²) in [5, 5.41) is 0. The summed E-state index contributed by atoms with van der Waals surface area (Å²) in [5.74, 6) is -0.0913. The third kappa shape index (κ3) is 10.3. The Kier molecular flexibility index (Phi) is 11.9. The van der Waals surface area contributed by atoms with E-state index in [1.807, 2.05) is 6.92 Å². The number of thiocarbonyl (C=S) groups is 1. The minimum absolute atomic E-state index is 0.0913. The molecule has 0 heterocycles. The summed E-state index contributed by atoms with van der Waals surface area (Å²) in [6.45, 7) is 13.2. The molecule has 0 saturated carbocycles. The second kappa shape index (κ2) is 11.8. The lowest BCUT2D eigenvalue weighted by molar-refractivity contribution is -0.117. The van der Waals surface area contributed by atoms with E-state index in [9.17, 15) is 9.36 Å². The highest BCUT2D eigenvalue weighted by molar-refractivity contribution is 8.23. The van der Waals surface area contributed by atoms with E-state index in [0.29, 0.717) is 23.8 Å². The van der Waals surface area contributed by atoms with Crippen molar-refractivity contribution in [3.63, 3.8) is 0 Å². The maximum Gasteiger partial charge on any atom is 0.338 e. The van der Waals surface area contributed by atoms with Crippen LogP contribution < -0.4 is 0 Å². The van der Waals surface area contributed by atoms with Crippen molar-refractivity contribution >= 4 is 49.8 Å². The number of hydrogen-bond donors (Lipinski definition) is 0. The van der Waals surface area contributed by atoms with E-state index in [0.717, 1.165) is 0 Å². The molecule has 0 aromatic heterocycles. The minimum atomic E-state index is -3.31. The highest BCUT2D eigenvalue weighted by Crippen LogP contribution is 2.48. The molecule has 1 atom stereocenters. The van der Waals surface area contributed by atoms with Crippen LogP contribution in [0.25, 0.3) is 0 Å². The number of ether oxygens (including phenoxy) is 1. The molecule has 5 nitrogen and oxygen atoms in total. The van der Waals surface area contributed by atoms with E-state index in [1.54, 1.807) is 25.6 Å². The standard InChI is InChI=1S/C15H31O5PS2Si/c1-7-18-15(22)23-14(24(4,5)6)11-10-13(16)12-21(17,19-8-2)20-9-3/h14H,7-12H2,1-6H3. The van der Waals surface area contributed by atoms with Crippen LogP contribution in [-0.2, 0) is 23.1 Å². The predicted octanol–water partition coefficient (Wildman–Crippen LogP) is 4.90. The largest absolute Gasteiger partial charge is 0.479 e. The molecule has 0 aromatic rings. The van der Waals surface area contributed by atoms with Crippen molar-refractivity contribution in [3.8, 4) is 0 Å². The van der Waals surface area contributed by atoms with E-state index >= 15 is 0 Å². The number of carbonyl (C=O) groups excluding carboxylic acids is 1. The van der Waals surface area contributed by atoms with Crippen LogP contribution in [0.3, 0.4) is 0 Å². The van der Waals surface area contributed by atoms with Crippen LogP contribution in [0.2, 0.25) is 19.6 Å². The van der Waals surface area contributed by atoms with Crippen LogP contribution in [0.4, 0.5) is 0 Å². The number of rotatable bonds is 12. The van der Waals surface area contributed by atoms with Crippen LogP contribution in [0.1, 0.15) is 33.6 Å². The second-order valence-corrected chi connectivity index (χ2v) is 16.0. The molecule has 0 N–H and O–H groups in total. The third-order valence-electron chi connectivity index (χ3n) is 3.17. The van der Waals surface area contributed by atoms with E-state index in [2.05, 4.69) is 19.6 Å². The van der Waals surface area contributed by atoms with Gasteiger partial charge in [0.25, 0.3) is 0 Å². The fourth-order valence-corrected chi connectivity index (χ4v) is 7.80. The van der Waals surface area contributed by atoms with E-state index in [-0.39, 0.29) is 30.0 Å². The Hall–Kier alpha value is 0.277. The summed E-state index contributed by atoms with van der Waals surface area (Å²) < 4.78 is 28.7. The molecule has 0 aliphatic rings. The van der Waals surface area contributed by atoms with Gasteiger partial charge >= 0.3 is 7.60 Å². The molecule has 0 bridgehead atoms. The molecule has 0 aliphatic heterocycles. The van der Waals surface area contributed by atoms with Crippen LogP contribution in [0.5, 0.6) is 0 Å². The number of thioether (sulfide) groups is 1. The number of hydrogen-bond acceptors (Lipinski definition) is 7. The molecule has 0 rings (SSSR count). The summed E-state index contributed by atoms with van der Waals surface area (Å²) in [7, 11) is -4.83. The van der Waals surface area contributed by atoms with Crippen LogP contribution in [-0.4, -0.2) is 49.1 Å². The Bertz CT molecular complexity index is 444. The topological polar surface area (TPSA) is 61.8 Å². The Morgan fingerprint density at radius 2 is 1.67 bits per heavy atom. The summed E-state index contributed by atoms with van der Waals surface area (Å²) in [5.41, 5.74) is 0. The van der Waals surface area contributed by atoms with Gasteiger partial charge in [-0.3, -0.25) is 9.36 Å². The minimum Gasteiger partial charge on any atom is -0.479 e. The van der Waals surface area contributed by atoms with Crippen molar-refractivity contribution in [3.05, 3.63) is 0 Å². The highest BCUT2D eigenvalue weighted by atomic mass is 32.2. The maximum absolute atomic E-state index is 12.4. The van der Waals surface area contributed by atoms with Gasteiger partial charge in [0.1, 0.15) is 11.9 Å². The first-order valence-electron chi connectivity index (χ1n) is 8.31. The number of Topliss-reactive ketones (excluding diaryl/α,β-unsaturated/α-hetero) is 1. The molecule has 9 heteroatoms. The van der Waals surface area contributed by atoms with Gasteiger partial charge in [-0.1, -0.05) is 31.4 Å². The van der Waals surface area contributed by atoms with Gasteiger partial charge in [0, 0.05) is 11.3 Å². The smallest absolute Gasteiger partial charge is 0.338 e. The van der Waals surface area contributed by atoms with E-state index in [4.69, 9.17) is 26.0 Å². The van der Waals surface area contributed by atoms with Crippen molar-refractivity contribution in [1.29, 1.82) is 0 Å². The van der Waals surface area contributed by atoms with Gasteiger partial charge in [0.05, 0.1) is 27.9 Å². The van der Waals surface area contributed by atoms with Crippen LogP contribution in [0, 0.1) is 0 Å². The summed E-state index contributed by atoms with van der Waals surface area (Å²) >= 11 is 6.77. The summed E-state index contributed by atoms with van der Waals surface area (Å²) in [4.78, 5) is 12.5. The highest BCUT2D eigenvalue weighted by Gasteiger charge is 2.31. The fourth-order valence-electron chi connectivity index (χ4n) is 2.05. The molecule has 1 unspecified atom stereocenters. The van der Waals surface area contributed by atoms with Crippen molar-refractivity contribution in [2.24, 2.45) is 0 Å². The Labute approximate surface area is 157 Å². The van der Waals surface area contributed by atoms with Gasteiger partial charge in [0.2, 0.25) is 4.38 Å². The van der Waals surface area contributed by atoms with E-state index < -0.39 is 15.7 Å². The summed E-state index contributed by atoms with van der Waals surface area (Å²) in [6.07, 6.45) is 0.888. The summed E-state index contributed by atoms with van der Waals surface area (Å²) in [6, 6.07) is 0. The number of ketones is 1. The second-order valence-electron chi connectivity index (χ2n) is 6.34. The monoisotopic (exact) mass is 414 g/mol. The molecule has 0 fully saturated rings. The molecule has 0 spiro atoms. The Morgan fingerprint density at radius 3 is 2.08 bits per heavy atom. The molecular formula is C15H31O5PS2Si. The predicted molar refractivity (Wildman–Crippen MR) is 109 cm³/mol. The first-order valence-corrected chi connectivity index (χ1v) is 14.9. The SMILES string of the molecule is CCOC(=S)SC(CCC(=O)CP(=O)(OCC)OCC)[Si](C)(C)C. The van der Waals surface area contributed by atoms with Gasteiger partial charge < -0.3 is 13.8 Å². The van der Waals surface area contributed by atoms with Gasteiger partial charge in [-0.15, -0.1) is 0 Å². The quantitative estimate of drug-likeness (QED) is 0.256. The zero-order valence-electron chi connectivity index (χ0n) is 15.6. The number of carbonyl (C=O) groups is 1. The Morgan fingerprint density at radius 1 is 1.12 bits per heavy atom. The lowest BCUT2D eigenvalue weighted by Gasteiger charge is -2.28. The van der Waals surface area contributed by atoms with Crippen LogP contribution in [0.15, 0.2) is 0 Å². The van der Waals surface area contributed by atoms with Gasteiger partial charge in [-0.25, -0.2) is 0 Å². The fraction of sp³-hybridized carbons (Fsp3) is 0.867. The van der Waals surface area contributed by atoms with Gasteiger partial charge in [-0.05, 0) is 39.4 Å². The van der Waals surface area contributed by atoms with Crippen LogP contribution >= 0.6 is 31.6 Å². The Balaban J connectivity index is 4.70. The normalized spacial score (nSPS) is 13.6. The molecule has 0 radical (unpaired) electrons. The first-order chi connectivity index (χ1) is 11.1. The molecule has 0 aromatic carbocycles. The molecule has 0 aliphatic carbocycles. The molecule has 142 valence electrons. The van der Waals surface area contributed by atoms with Crippen molar-refractivity contribution in [2.45, 2.75) is 58.1 Å². The first kappa shape index (κ1) is 24.3. The zero-order valence-corrected chi connectivity index (χ0v) is 19.2. The zero-order chi connectivity index (χ0) is 18.8. The third-order valence-corrected chi connectivity index (χ3v) is 11.1.